The zero-order chi connectivity index (χ0) is 29.2. The Morgan fingerprint density at radius 2 is 1.67 bits per heavy atom. The van der Waals surface area contributed by atoms with Crippen LogP contribution in [-0.2, 0) is 17.9 Å². The summed E-state index contributed by atoms with van der Waals surface area (Å²) in [6.07, 6.45) is -3.44. The Hall–Kier alpha value is -3.61. The Morgan fingerprint density at radius 1 is 1.10 bits per heavy atom. The quantitative estimate of drug-likeness (QED) is 0.399. The smallest absolute Gasteiger partial charge is 0.490 e. The number of amides is 2. The van der Waals surface area contributed by atoms with E-state index in [0.717, 1.165) is 49.4 Å². The molecule has 2 aromatic rings. The van der Waals surface area contributed by atoms with Crippen LogP contribution in [0.25, 0.3) is 0 Å². The molecule has 1 fully saturated rings. The first kappa shape index (κ1) is 31.6. The number of carboxylic acids is 1. The molecule has 0 spiro atoms. The van der Waals surface area contributed by atoms with Crippen LogP contribution in [0.1, 0.15) is 37.8 Å². The van der Waals surface area contributed by atoms with Crippen LogP contribution in [0.4, 0.5) is 26.7 Å². The first-order chi connectivity index (χ1) is 18.3. The molecule has 2 amide bonds. The third kappa shape index (κ3) is 10.2. The standard InChI is InChI=1S/C24H31F2N3O3.C2HF3O2/c1-16(2)32-20-6-4-17(5-7-20)14-28-24(30)29(19-8-10-27-11-9-19)15-18-12-21(25)22(26)13-23(18)31-3;3-2(4,5)1(6)7/h4-7,12-13,16,19,27H,8-11,14-15H2,1-3H3,(H,28,30);(H,6,7). The lowest BCUT2D eigenvalue weighted by Gasteiger charge is -2.35. The summed E-state index contributed by atoms with van der Waals surface area (Å²) in [7, 11) is 1.40. The van der Waals surface area contributed by atoms with Gasteiger partial charge in [0.1, 0.15) is 11.5 Å². The van der Waals surface area contributed by atoms with Gasteiger partial charge >= 0.3 is 18.2 Å². The number of nitrogens with one attached hydrogen (secondary N) is 2. The Labute approximate surface area is 223 Å². The van der Waals surface area contributed by atoms with E-state index in [2.05, 4.69) is 10.6 Å². The zero-order valence-electron chi connectivity index (χ0n) is 21.8. The van der Waals surface area contributed by atoms with E-state index in [1.807, 2.05) is 38.1 Å². The largest absolute Gasteiger partial charge is 0.496 e. The number of carbonyl (C=O) groups is 2. The highest BCUT2D eigenvalue weighted by atomic mass is 19.4. The molecule has 1 aliphatic rings. The van der Waals surface area contributed by atoms with Crippen LogP contribution in [0.3, 0.4) is 0 Å². The van der Waals surface area contributed by atoms with Crippen molar-refractivity contribution in [2.75, 3.05) is 20.2 Å². The van der Waals surface area contributed by atoms with Gasteiger partial charge in [0.2, 0.25) is 0 Å². The maximum atomic E-state index is 13.9. The molecule has 0 atom stereocenters. The average Bonchev–Trinajstić information content (AvgIpc) is 2.88. The van der Waals surface area contributed by atoms with Gasteiger partial charge in [-0.25, -0.2) is 18.4 Å². The van der Waals surface area contributed by atoms with Gasteiger partial charge in [-0.3, -0.25) is 0 Å². The predicted octanol–water partition coefficient (Wildman–Crippen LogP) is 4.86. The Bertz CT molecular complexity index is 1090. The fraction of sp³-hybridized carbons (Fsp3) is 0.462. The fourth-order valence-corrected chi connectivity index (χ4v) is 3.79. The number of halogens is 5. The summed E-state index contributed by atoms with van der Waals surface area (Å²) >= 11 is 0. The summed E-state index contributed by atoms with van der Waals surface area (Å²) in [6, 6.07) is 9.40. The summed E-state index contributed by atoms with van der Waals surface area (Å²) in [5.74, 6) is -3.70. The first-order valence-electron chi connectivity index (χ1n) is 12.1. The lowest BCUT2D eigenvalue weighted by Crippen LogP contribution is -2.49. The average molecular weight is 562 g/mol. The second-order valence-corrected chi connectivity index (χ2v) is 8.96. The summed E-state index contributed by atoms with van der Waals surface area (Å²) in [5.41, 5.74) is 1.36. The number of hydrogen-bond acceptors (Lipinski definition) is 5. The van der Waals surface area contributed by atoms with E-state index >= 15 is 0 Å². The lowest BCUT2D eigenvalue weighted by atomic mass is 10.0. The maximum Gasteiger partial charge on any atom is 0.490 e. The maximum absolute atomic E-state index is 13.9. The lowest BCUT2D eigenvalue weighted by molar-refractivity contribution is -0.192. The Kier molecular flexibility index (Phi) is 11.8. The van der Waals surface area contributed by atoms with E-state index in [1.54, 1.807) is 4.90 Å². The molecule has 0 aromatic heterocycles. The van der Waals surface area contributed by atoms with Crippen LogP contribution in [-0.4, -0.2) is 60.5 Å². The molecular formula is C26H32F5N3O5. The van der Waals surface area contributed by atoms with Gasteiger partial charge in [-0.05, 0) is 63.5 Å². The summed E-state index contributed by atoms with van der Waals surface area (Å²) in [4.78, 5) is 23.7. The number of methoxy groups -OCH3 is 1. The molecule has 0 unspecified atom stereocenters. The number of carboxylic acid groups (broad SMARTS) is 1. The third-order valence-corrected chi connectivity index (χ3v) is 5.66. The van der Waals surface area contributed by atoms with Gasteiger partial charge < -0.3 is 30.1 Å². The minimum absolute atomic E-state index is 0.0177. The summed E-state index contributed by atoms with van der Waals surface area (Å²) in [6.45, 7) is 5.98. The second-order valence-electron chi connectivity index (χ2n) is 8.96. The number of piperidine rings is 1. The van der Waals surface area contributed by atoms with E-state index in [-0.39, 0.29) is 30.5 Å². The molecule has 0 aliphatic carbocycles. The number of rotatable bonds is 8. The van der Waals surface area contributed by atoms with Crippen LogP contribution >= 0.6 is 0 Å². The van der Waals surface area contributed by atoms with Gasteiger partial charge in [0, 0.05) is 24.2 Å². The summed E-state index contributed by atoms with van der Waals surface area (Å²) in [5, 5.41) is 13.4. The number of hydrogen-bond donors (Lipinski definition) is 3. The van der Waals surface area contributed by atoms with Crippen LogP contribution in [0, 0.1) is 11.6 Å². The molecule has 3 N–H and O–H groups in total. The third-order valence-electron chi connectivity index (χ3n) is 5.66. The number of alkyl halides is 3. The number of aliphatic carboxylic acids is 1. The topological polar surface area (TPSA) is 100 Å². The van der Waals surface area contributed by atoms with Crippen molar-refractivity contribution in [1.82, 2.24) is 15.5 Å². The molecule has 13 heteroatoms. The Balaban J connectivity index is 0.000000673. The molecule has 216 valence electrons. The van der Waals surface area contributed by atoms with Crippen molar-refractivity contribution in [3.05, 3.63) is 59.2 Å². The van der Waals surface area contributed by atoms with E-state index in [4.69, 9.17) is 19.4 Å². The van der Waals surface area contributed by atoms with E-state index < -0.39 is 23.8 Å². The van der Waals surface area contributed by atoms with Crippen molar-refractivity contribution in [2.24, 2.45) is 0 Å². The monoisotopic (exact) mass is 561 g/mol. The van der Waals surface area contributed by atoms with E-state index in [0.29, 0.717) is 12.1 Å². The highest BCUT2D eigenvalue weighted by Gasteiger charge is 2.38. The minimum Gasteiger partial charge on any atom is -0.496 e. The van der Waals surface area contributed by atoms with Crippen LogP contribution in [0.2, 0.25) is 0 Å². The molecule has 1 aliphatic heterocycles. The molecule has 2 aromatic carbocycles. The molecule has 3 rings (SSSR count). The first-order valence-corrected chi connectivity index (χ1v) is 12.1. The second kappa shape index (κ2) is 14.5. The predicted molar refractivity (Wildman–Crippen MR) is 132 cm³/mol. The highest BCUT2D eigenvalue weighted by molar-refractivity contribution is 5.75. The Morgan fingerprint density at radius 3 is 2.18 bits per heavy atom. The number of nitrogens with zero attached hydrogens (tertiary/aromatic N) is 1. The fourth-order valence-electron chi connectivity index (χ4n) is 3.79. The van der Waals surface area contributed by atoms with Gasteiger partial charge in [-0.2, -0.15) is 13.2 Å². The van der Waals surface area contributed by atoms with Gasteiger partial charge in [0.05, 0.1) is 19.8 Å². The SMILES string of the molecule is COc1cc(F)c(F)cc1CN(C(=O)NCc1ccc(OC(C)C)cc1)C1CCNCC1.O=C(O)C(F)(F)F. The molecule has 0 saturated carbocycles. The molecule has 0 radical (unpaired) electrons. The van der Waals surface area contributed by atoms with Crippen LogP contribution in [0.5, 0.6) is 11.5 Å². The van der Waals surface area contributed by atoms with Crippen molar-refractivity contribution < 1.29 is 46.1 Å². The van der Waals surface area contributed by atoms with Gasteiger partial charge in [0.25, 0.3) is 0 Å². The minimum atomic E-state index is -5.08. The van der Waals surface area contributed by atoms with Gasteiger partial charge in [0.15, 0.2) is 11.6 Å². The number of benzene rings is 2. The number of urea groups is 1. The van der Waals surface area contributed by atoms with E-state index in [9.17, 15) is 26.7 Å². The van der Waals surface area contributed by atoms with Crippen molar-refractivity contribution in [3.8, 4) is 11.5 Å². The zero-order valence-corrected chi connectivity index (χ0v) is 21.8. The molecule has 39 heavy (non-hydrogen) atoms. The van der Waals surface area contributed by atoms with Crippen LogP contribution < -0.4 is 20.1 Å². The van der Waals surface area contributed by atoms with Crippen molar-refractivity contribution >= 4 is 12.0 Å². The number of carbonyl (C=O) groups excluding carboxylic acids is 1. The highest BCUT2D eigenvalue weighted by Crippen LogP contribution is 2.26. The van der Waals surface area contributed by atoms with Crippen LogP contribution in [0.15, 0.2) is 36.4 Å². The molecule has 0 bridgehead atoms. The molecular weight excluding hydrogens is 529 g/mol. The normalized spacial score (nSPS) is 13.8. The van der Waals surface area contributed by atoms with Crippen molar-refractivity contribution in [2.45, 2.75) is 58.1 Å². The summed E-state index contributed by atoms with van der Waals surface area (Å²) < 4.78 is 70.2. The van der Waals surface area contributed by atoms with E-state index in [1.165, 1.54) is 7.11 Å². The number of ether oxygens (including phenoxy) is 2. The van der Waals surface area contributed by atoms with Crippen molar-refractivity contribution in [1.29, 1.82) is 0 Å². The molecule has 1 saturated heterocycles. The van der Waals surface area contributed by atoms with Gasteiger partial charge in [-0.1, -0.05) is 12.1 Å². The van der Waals surface area contributed by atoms with Crippen molar-refractivity contribution in [3.63, 3.8) is 0 Å². The molecule has 1 heterocycles. The molecule has 8 nitrogen and oxygen atoms in total. The van der Waals surface area contributed by atoms with Gasteiger partial charge in [-0.15, -0.1) is 0 Å².